The summed E-state index contributed by atoms with van der Waals surface area (Å²) in [7, 11) is 1.50. The van der Waals surface area contributed by atoms with Crippen LogP contribution in [0.2, 0.25) is 0 Å². The van der Waals surface area contributed by atoms with Gasteiger partial charge in [-0.15, -0.1) is 5.10 Å². The van der Waals surface area contributed by atoms with Gasteiger partial charge in [-0.25, -0.2) is 0 Å². The fraction of sp³-hybridized carbons (Fsp3) is 0.500. The molecule has 0 radical (unpaired) electrons. The first kappa shape index (κ1) is 11.4. The number of ether oxygens (including phenoxy) is 1. The summed E-state index contributed by atoms with van der Waals surface area (Å²) in [5.74, 6) is 0.310. The molecule has 0 aliphatic rings. The highest BCUT2D eigenvalue weighted by Crippen LogP contribution is 2.21. The van der Waals surface area contributed by atoms with Crippen LogP contribution in [0.25, 0.3) is 0 Å². The quantitative estimate of drug-likeness (QED) is 0.568. The molecule has 1 heterocycles. The first-order chi connectivity index (χ1) is 7.15. The molecule has 0 bridgehead atoms. The lowest BCUT2D eigenvalue weighted by Crippen LogP contribution is -2.18. The second-order valence-electron chi connectivity index (χ2n) is 3.13. The van der Waals surface area contributed by atoms with E-state index in [0.29, 0.717) is 11.4 Å². The van der Waals surface area contributed by atoms with Crippen LogP contribution in [0.15, 0.2) is 0 Å². The second kappa shape index (κ2) is 4.72. The molecule has 1 aromatic heterocycles. The van der Waals surface area contributed by atoms with Crippen molar-refractivity contribution in [2.45, 2.75) is 26.7 Å². The van der Waals surface area contributed by atoms with Crippen molar-refractivity contribution in [3.05, 3.63) is 16.8 Å². The maximum Gasteiger partial charge on any atom is 0.244 e. The number of rotatable bonds is 4. The predicted molar refractivity (Wildman–Crippen MR) is 58.4 cm³/mol. The third-order valence-corrected chi connectivity index (χ3v) is 2.28. The van der Waals surface area contributed by atoms with Crippen molar-refractivity contribution in [1.82, 2.24) is 10.2 Å². The summed E-state index contributed by atoms with van der Waals surface area (Å²) < 4.78 is 5.05. The molecule has 0 fully saturated rings. The van der Waals surface area contributed by atoms with Crippen LogP contribution < -0.4 is 10.5 Å². The summed E-state index contributed by atoms with van der Waals surface area (Å²) in [6, 6.07) is 0. The number of methoxy groups -OCH3 is 1. The normalized spacial score (nSPS) is 10.1. The van der Waals surface area contributed by atoms with E-state index in [1.165, 1.54) is 7.11 Å². The van der Waals surface area contributed by atoms with Gasteiger partial charge in [0.25, 0.3) is 0 Å². The maximum absolute atomic E-state index is 7.53. The first-order valence-electron chi connectivity index (χ1n) is 4.92. The molecule has 0 unspecified atom stereocenters. The summed E-state index contributed by atoms with van der Waals surface area (Å²) in [6.07, 6.45) is 1.55. The Bertz CT molecular complexity index is 376. The van der Waals surface area contributed by atoms with E-state index in [1.807, 2.05) is 13.8 Å². The van der Waals surface area contributed by atoms with Crippen LogP contribution >= 0.6 is 0 Å². The molecule has 5 nitrogen and oxygen atoms in total. The number of nitrogens with zero attached hydrogens (tertiary/aromatic N) is 2. The van der Waals surface area contributed by atoms with Gasteiger partial charge >= 0.3 is 0 Å². The van der Waals surface area contributed by atoms with Gasteiger partial charge < -0.3 is 10.5 Å². The van der Waals surface area contributed by atoms with Gasteiger partial charge in [0.05, 0.1) is 18.4 Å². The molecule has 5 heteroatoms. The van der Waals surface area contributed by atoms with Crippen molar-refractivity contribution >= 4 is 5.84 Å². The number of nitrogen functional groups attached to an aromatic ring is 1. The third kappa shape index (κ3) is 2.06. The molecule has 0 aromatic carbocycles. The summed E-state index contributed by atoms with van der Waals surface area (Å²) in [5.41, 5.74) is 7.94. The van der Waals surface area contributed by atoms with E-state index in [0.717, 1.165) is 24.1 Å². The van der Waals surface area contributed by atoms with E-state index in [9.17, 15) is 0 Å². The molecule has 1 aromatic rings. The Morgan fingerprint density at radius 2 is 2.00 bits per heavy atom. The van der Waals surface area contributed by atoms with Gasteiger partial charge in [0.1, 0.15) is 5.84 Å². The lowest BCUT2D eigenvalue weighted by Gasteiger charge is -2.12. The van der Waals surface area contributed by atoms with E-state index >= 15 is 0 Å². The molecule has 1 rings (SSSR count). The standard InChI is InChI=1S/C10H16N4O/c1-4-6-7(5-2)13-14-10(15-3)8(6)9(11)12/h4-5H2,1-3H3,(H3,11,12). The van der Waals surface area contributed by atoms with Crippen LogP contribution in [0, 0.1) is 5.41 Å². The lowest BCUT2D eigenvalue weighted by molar-refractivity contribution is 0.389. The zero-order valence-electron chi connectivity index (χ0n) is 9.29. The Kier molecular flexibility index (Phi) is 3.60. The molecule has 0 aliphatic carbocycles. The molecule has 0 saturated carbocycles. The highest BCUT2D eigenvalue weighted by Gasteiger charge is 2.16. The first-order valence-corrected chi connectivity index (χ1v) is 4.92. The van der Waals surface area contributed by atoms with E-state index in [4.69, 9.17) is 15.9 Å². The maximum atomic E-state index is 7.53. The van der Waals surface area contributed by atoms with Crippen LogP contribution in [0.4, 0.5) is 0 Å². The Labute approximate surface area is 89.2 Å². The number of aryl methyl sites for hydroxylation is 1. The lowest BCUT2D eigenvalue weighted by atomic mass is 10.0. The van der Waals surface area contributed by atoms with Gasteiger partial charge in [-0.3, -0.25) is 5.41 Å². The highest BCUT2D eigenvalue weighted by molar-refractivity contribution is 5.98. The Hall–Kier alpha value is -1.65. The van der Waals surface area contributed by atoms with Gasteiger partial charge in [0.15, 0.2) is 0 Å². The molecule has 0 amide bonds. The van der Waals surface area contributed by atoms with Crippen LogP contribution in [0.1, 0.15) is 30.7 Å². The number of nitrogens with one attached hydrogen (secondary N) is 1. The summed E-state index contributed by atoms with van der Waals surface area (Å²) in [6.45, 7) is 4.00. The molecule has 0 aliphatic heterocycles. The molecule has 0 saturated heterocycles. The number of hydrogen-bond donors (Lipinski definition) is 2. The van der Waals surface area contributed by atoms with E-state index < -0.39 is 0 Å². The number of amidine groups is 1. The van der Waals surface area contributed by atoms with Gasteiger partial charge in [0, 0.05) is 0 Å². The van der Waals surface area contributed by atoms with Crippen LogP contribution in [0.3, 0.4) is 0 Å². The van der Waals surface area contributed by atoms with Crippen molar-refractivity contribution < 1.29 is 4.74 Å². The monoisotopic (exact) mass is 208 g/mol. The molecule has 82 valence electrons. The van der Waals surface area contributed by atoms with Crippen molar-refractivity contribution in [3.63, 3.8) is 0 Å². The van der Waals surface area contributed by atoms with E-state index in [-0.39, 0.29) is 5.84 Å². The smallest absolute Gasteiger partial charge is 0.244 e. The second-order valence-corrected chi connectivity index (χ2v) is 3.13. The number of nitrogens with two attached hydrogens (primary N) is 1. The minimum absolute atomic E-state index is 0.0201. The largest absolute Gasteiger partial charge is 0.479 e. The molecule has 0 atom stereocenters. The van der Waals surface area contributed by atoms with Gasteiger partial charge in [-0.2, -0.15) is 5.10 Å². The number of hydrogen-bond acceptors (Lipinski definition) is 4. The van der Waals surface area contributed by atoms with Crippen LogP contribution in [0.5, 0.6) is 5.88 Å². The predicted octanol–water partition coefficient (Wildman–Crippen LogP) is 0.894. The van der Waals surface area contributed by atoms with Gasteiger partial charge in [0.2, 0.25) is 5.88 Å². The third-order valence-electron chi connectivity index (χ3n) is 2.28. The molecule has 15 heavy (non-hydrogen) atoms. The molecular weight excluding hydrogens is 192 g/mol. The van der Waals surface area contributed by atoms with Crippen molar-refractivity contribution in [3.8, 4) is 5.88 Å². The Morgan fingerprint density at radius 1 is 1.33 bits per heavy atom. The average Bonchev–Trinajstić information content (AvgIpc) is 2.26. The fourth-order valence-electron chi connectivity index (χ4n) is 1.58. The Morgan fingerprint density at radius 3 is 2.40 bits per heavy atom. The number of aromatic nitrogens is 2. The van der Waals surface area contributed by atoms with Crippen LogP contribution in [-0.4, -0.2) is 23.1 Å². The van der Waals surface area contributed by atoms with Crippen molar-refractivity contribution in [2.24, 2.45) is 5.73 Å². The topological polar surface area (TPSA) is 84.9 Å². The molecule has 3 N–H and O–H groups in total. The SMILES string of the molecule is CCc1nnc(OC)c(C(=N)N)c1CC. The van der Waals surface area contributed by atoms with Crippen molar-refractivity contribution in [1.29, 1.82) is 5.41 Å². The van der Waals surface area contributed by atoms with Gasteiger partial charge in [-0.1, -0.05) is 13.8 Å². The fourth-order valence-corrected chi connectivity index (χ4v) is 1.58. The average molecular weight is 208 g/mol. The minimum atomic E-state index is -0.0201. The zero-order valence-corrected chi connectivity index (χ0v) is 9.29. The summed E-state index contributed by atoms with van der Waals surface area (Å²) in [5, 5.41) is 15.5. The summed E-state index contributed by atoms with van der Waals surface area (Å²) >= 11 is 0. The van der Waals surface area contributed by atoms with Crippen molar-refractivity contribution in [2.75, 3.05) is 7.11 Å². The molecule has 0 spiro atoms. The van der Waals surface area contributed by atoms with Crippen LogP contribution in [-0.2, 0) is 12.8 Å². The Balaban J connectivity index is 3.44. The van der Waals surface area contributed by atoms with Gasteiger partial charge in [-0.05, 0) is 18.4 Å². The molecular formula is C10H16N4O. The minimum Gasteiger partial charge on any atom is -0.479 e. The highest BCUT2D eigenvalue weighted by atomic mass is 16.5. The summed E-state index contributed by atoms with van der Waals surface area (Å²) in [4.78, 5) is 0. The zero-order chi connectivity index (χ0) is 11.4. The van der Waals surface area contributed by atoms with E-state index in [1.54, 1.807) is 0 Å². The van der Waals surface area contributed by atoms with E-state index in [2.05, 4.69) is 10.2 Å².